The van der Waals surface area contributed by atoms with E-state index in [1.54, 1.807) is 12.3 Å². The van der Waals surface area contributed by atoms with E-state index >= 15 is 0 Å². The minimum absolute atomic E-state index is 0.0116. The van der Waals surface area contributed by atoms with Gasteiger partial charge < -0.3 is 24.9 Å². The molecule has 5 heterocycles. The zero-order chi connectivity index (χ0) is 20.0. The lowest BCUT2D eigenvalue weighted by Gasteiger charge is -2.47. The molecule has 0 aromatic carbocycles. The van der Waals surface area contributed by atoms with Crippen molar-refractivity contribution in [1.29, 1.82) is 0 Å². The van der Waals surface area contributed by atoms with Crippen LogP contribution in [0.15, 0.2) is 36.7 Å². The first-order valence-electron chi connectivity index (χ1n) is 9.79. The predicted octanol–water partition coefficient (Wildman–Crippen LogP) is 1.86. The number of pyridine rings is 1. The second kappa shape index (κ2) is 6.73. The molecule has 2 aliphatic rings. The maximum absolute atomic E-state index is 12.5. The van der Waals surface area contributed by atoms with E-state index in [-0.39, 0.29) is 23.3 Å². The average molecular weight is 393 g/mol. The number of nitrogens with zero attached hydrogens (tertiary/aromatic N) is 2. The predicted molar refractivity (Wildman–Crippen MR) is 107 cm³/mol. The van der Waals surface area contributed by atoms with Crippen LogP contribution < -0.4 is 5.32 Å². The number of nitrogens with one attached hydrogen (secondary N) is 3. The molecule has 29 heavy (non-hydrogen) atoms. The molecule has 1 atom stereocenters. The molecule has 0 radical (unpaired) electrons. The summed E-state index contributed by atoms with van der Waals surface area (Å²) in [7, 11) is 0. The van der Waals surface area contributed by atoms with Crippen molar-refractivity contribution in [3.63, 3.8) is 0 Å². The lowest BCUT2D eigenvalue weighted by Crippen LogP contribution is -2.59. The van der Waals surface area contributed by atoms with Crippen LogP contribution in [-0.2, 0) is 4.74 Å². The molecule has 3 N–H and O–H groups in total. The van der Waals surface area contributed by atoms with Crippen molar-refractivity contribution in [2.75, 3.05) is 26.2 Å². The Hall–Kier alpha value is -3.13. The molecule has 8 heteroatoms. The standard InChI is InChI=1S/C21H23N5O3/c1-13-5-17(23-8-13)20(28)26-10-21(11-26)7-15(29-12-21)9-24-19(27)16-6-14-3-2-4-22-18(14)25-16/h2-6,8,15,23H,7,9-12H2,1H3,(H,22,25)(H,24,27). The Morgan fingerprint density at radius 1 is 1.34 bits per heavy atom. The largest absolute Gasteiger partial charge is 0.376 e. The highest BCUT2D eigenvalue weighted by molar-refractivity contribution is 5.97. The highest BCUT2D eigenvalue weighted by Gasteiger charge is 2.50. The molecule has 1 spiro atoms. The Bertz CT molecular complexity index is 1050. The zero-order valence-corrected chi connectivity index (χ0v) is 16.2. The number of ether oxygens (including phenoxy) is 1. The van der Waals surface area contributed by atoms with Crippen molar-refractivity contribution in [1.82, 2.24) is 25.2 Å². The minimum atomic E-state index is -0.167. The molecule has 2 fully saturated rings. The van der Waals surface area contributed by atoms with Crippen LogP contribution in [0.5, 0.6) is 0 Å². The Morgan fingerprint density at radius 3 is 2.97 bits per heavy atom. The second-order valence-corrected chi connectivity index (χ2v) is 8.22. The summed E-state index contributed by atoms with van der Waals surface area (Å²) < 4.78 is 5.91. The van der Waals surface area contributed by atoms with Crippen LogP contribution in [0.25, 0.3) is 11.0 Å². The Kier molecular flexibility index (Phi) is 4.16. The van der Waals surface area contributed by atoms with Gasteiger partial charge >= 0.3 is 0 Å². The summed E-state index contributed by atoms with van der Waals surface area (Å²) in [6.07, 6.45) is 4.33. The molecular weight excluding hydrogens is 370 g/mol. The Balaban J connectivity index is 1.13. The van der Waals surface area contributed by atoms with Gasteiger partial charge in [0.2, 0.25) is 0 Å². The maximum atomic E-state index is 12.5. The number of hydrogen-bond acceptors (Lipinski definition) is 4. The summed E-state index contributed by atoms with van der Waals surface area (Å²) in [4.78, 5) is 37.0. The first kappa shape index (κ1) is 17.9. The van der Waals surface area contributed by atoms with E-state index in [0.717, 1.165) is 17.4 Å². The summed E-state index contributed by atoms with van der Waals surface area (Å²) in [5.74, 6) is -0.132. The summed E-state index contributed by atoms with van der Waals surface area (Å²) in [6.45, 7) is 4.43. The molecule has 2 aliphatic heterocycles. The van der Waals surface area contributed by atoms with Crippen LogP contribution in [0.4, 0.5) is 0 Å². The molecule has 3 aromatic heterocycles. The summed E-state index contributed by atoms with van der Waals surface area (Å²) in [5, 5.41) is 3.85. The molecule has 150 valence electrons. The second-order valence-electron chi connectivity index (χ2n) is 8.22. The van der Waals surface area contributed by atoms with E-state index in [0.29, 0.717) is 43.3 Å². The fourth-order valence-corrected chi connectivity index (χ4v) is 4.33. The summed E-state index contributed by atoms with van der Waals surface area (Å²) in [6, 6.07) is 7.42. The van der Waals surface area contributed by atoms with E-state index in [9.17, 15) is 9.59 Å². The van der Waals surface area contributed by atoms with Gasteiger partial charge in [-0.25, -0.2) is 4.98 Å². The zero-order valence-electron chi connectivity index (χ0n) is 16.2. The SMILES string of the molecule is Cc1c[nH]c(C(=O)N2CC3(COC(CNC(=O)c4cc5cccnc5[nH]4)C3)C2)c1. The molecule has 2 saturated heterocycles. The van der Waals surface area contributed by atoms with Crippen LogP contribution >= 0.6 is 0 Å². The van der Waals surface area contributed by atoms with Gasteiger partial charge in [-0.15, -0.1) is 0 Å². The first-order chi connectivity index (χ1) is 14.0. The molecular formula is C21H23N5O3. The highest BCUT2D eigenvalue weighted by Crippen LogP contribution is 2.41. The van der Waals surface area contributed by atoms with E-state index in [1.807, 2.05) is 36.2 Å². The van der Waals surface area contributed by atoms with Crippen LogP contribution in [0.2, 0.25) is 0 Å². The van der Waals surface area contributed by atoms with Gasteiger partial charge in [0, 0.05) is 42.8 Å². The number of H-pyrrole nitrogens is 2. The van der Waals surface area contributed by atoms with Crippen molar-refractivity contribution in [2.24, 2.45) is 5.41 Å². The fourth-order valence-electron chi connectivity index (χ4n) is 4.33. The maximum Gasteiger partial charge on any atom is 0.270 e. The van der Waals surface area contributed by atoms with Gasteiger partial charge in [-0.3, -0.25) is 9.59 Å². The lowest BCUT2D eigenvalue weighted by atomic mass is 9.77. The lowest BCUT2D eigenvalue weighted by molar-refractivity contribution is -0.00168. The fraction of sp³-hybridized carbons (Fsp3) is 0.381. The van der Waals surface area contributed by atoms with Gasteiger partial charge in [0.05, 0.1) is 12.7 Å². The molecule has 0 bridgehead atoms. The average Bonchev–Trinajstić information content (AvgIpc) is 3.41. The van der Waals surface area contributed by atoms with Crippen molar-refractivity contribution in [2.45, 2.75) is 19.4 Å². The molecule has 8 nitrogen and oxygen atoms in total. The molecule has 0 aliphatic carbocycles. The van der Waals surface area contributed by atoms with E-state index in [2.05, 4.69) is 20.3 Å². The number of likely N-dealkylation sites (tertiary alicyclic amines) is 1. The Labute approximate surface area is 167 Å². The molecule has 3 aromatic rings. The summed E-state index contributed by atoms with van der Waals surface area (Å²) >= 11 is 0. The van der Waals surface area contributed by atoms with E-state index in [1.165, 1.54) is 0 Å². The van der Waals surface area contributed by atoms with E-state index in [4.69, 9.17) is 4.74 Å². The first-order valence-corrected chi connectivity index (χ1v) is 9.79. The number of rotatable bonds is 4. The highest BCUT2D eigenvalue weighted by atomic mass is 16.5. The third-order valence-electron chi connectivity index (χ3n) is 5.81. The van der Waals surface area contributed by atoms with Gasteiger partial charge in [-0.1, -0.05) is 0 Å². The van der Waals surface area contributed by atoms with Crippen molar-refractivity contribution in [3.8, 4) is 0 Å². The van der Waals surface area contributed by atoms with Gasteiger partial charge in [0.25, 0.3) is 11.8 Å². The normalized spacial score (nSPS) is 20.2. The van der Waals surface area contributed by atoms with Gasteiger partial charge in [0.15, 0.2) is 0 Å². The van der Waals surface area contributed by atoms with Crippen molar-refractivity contribution in [3.05, 3.63) is 53.6 Å². The van der Waals surface area contributed by atoms with Crippen LogP contribution in [0, 0.1) is 12.3 Å². The monoisotopic (exact) mass is 393 g/mol. The van der Waals surface area contributed by atoms with Crippen molar-refractivity contribution >= 4 is 22.8 Å². The Morgan fingerprint density at radius 2 is 2.21 bits per heavy atom. The van der Waals surface area contributed by atoms with Gasteiger partial charge in [-0.05, 0) is 43.2 Å². The molecule has 1 unspecified atom stereocenters. The number of fused-ring (bicyclic) bond motifs is 1. The molecule has 2 amide bonds. The topological polar surface area (TPSA) is 103 Å². The van der Waals surface area contributed by atoms with Crippen LogP contribution in [0.1, 0.15) is 33.0 Å². The smallest absolute Gasteiger partial charge is 0.270 e. The van der Waals surface area contributed by atoms with Crippen molar-refractivity contribution < 1.29 is 14.3 Å². The number of aromatic nitrogens is 3. The molecule has 5 rings (SSSR count). The molecule has 0 saturated carbocycles. The van der Waals surface area contributed by atoms with Gasteiger partial charge in [0.1, 0.15) is 17.0 Å². The number of amides is 2. The van der Waals surface area contributed by atoms with Gasteiger partial charge in [-0.2, -0.15) is 0 Å². The number of aryl methyl sites for hydroxylation is 1. The van der Waals surface area contributed by atoms with Crippen LogP contribution in [-0.4, -0.2) is 64.0 Å². The van der Waals surface area contributed by atoms with E-state index < -0.39 is 0 Å². The third-order valence-corrected chi connectivity index (χ3v) is 5.81. The minimum Gasteiger partial charge on any atom is -0.376 e. The number of hydrogen-bond donors (Lipinski definition) is 3. The van der Waals surface area contributed by atoms with Crippen LogP contribution in [0.3, 0.4) is 0 Å². The third kappa shape index (κ3) is 3.29. The summed E-state index contributed by atoms with van der Waals surface area (Å²) in [5.41, 5.74) is 2.89. The number of carbonyl (C=O) groups is 2. The quantitative estimate of drug-likeness (QED) is 0.629. The number of carbonyl (C=O) groups excluding carboxylic acids is 2. The number of aromatic amines is 2.